The maximum Gasteiger partial charge on any atom is 0.223 e. The van der Waals surface area contributed by atoms with Gasteiger partial charge in [-0.15, -0.1) is 0 Å². The third kappa shape index (κ3) is 6.72. The first-order chi connectivity index (χ1) is 16.6. The van der Waals surface area contributed by atoms with Gasteiger partial charge in [0, 0.05) is 19.0 Å². The smallest absolute Gasteiger partial charge is 0.223 e. The molecule has 0 saturated carbocycles. The minimum absolute atomic E-state index is 0.0343. The zero-order chi connectivity index (χ0) is 23.8. The van der Waals surface area contributed by atoms with E-state index in [2.05, 4.69) is 10.2 Å². The van der Waals surface area contributed by atoms with Crippen molar-refractivity contribution in [3.8, 4) is 0 Å². The number of carbonyl (C=O) groups excluding carboxylic acids is 1. The second-order valence-electron chi connectivity index (χ2n) is 8.67. The predicted octanol–water partition coefficient (Wildman–Crippen LogP) is 5.10. The molecule has 0 aromatic heterocycles. The van der Waals surface area contributed by atoms with Crippen molar-refractivity contribution in [3.05, 3.63) is 107 Å². The van der Waals surface area contributed by atoms with Crippen molar-refractivity contribution in [3.63, 3.8) is 0 Å². The Morgan fingerprint density at radius 2 is 1.44 bits per heavy atom. The summed E-state index contributed by atoms with van der Waals surface area (Å²) in [5, 5.41) is 3.05. The van der Waals surface area contributed by atoms with Crippen LogP contribution in [0.5, 0.6) is 0 Å². The highest BCUT2D eigenvalue weighted by Gasteiger charge is 2.25. The van der Waals surface area contributed by atoms with Crippen molar-refractivity contribution in [1.82, 2.24) is 10.2 Å². The summed E-state index contributed by atoms with van der Waals surface area (Å²) in [6.07, 6.45) is 1.24. The average Bonchev–Trinajstić information content (AvgIpc) is 2.88. The molecule has 0 bridgehead atoms. The fourth-order valence-electron chi connectivity index (χ4n) is 4.31. The average molecular weight is 465 g/mol. The van der Waals surface area contributed by atoms with E-state index in [1.165, 1.54) is 24.3 Å². The van der Waals surface area contributed by atoms with Gasteiger partial charge in [0.05, 0.1) is 6.61 Å². The SMILES string of the molecule is O=C(NCc1ccccc1)C1CCN(CCOC(c2ccc(F)cc2)c2ccc(F)cc2)CC1. The Kier molecular flexibility index (Phi) is 8.39. The second kappa shape index (κ2) is 11.9. The van der Waals surface area contributed by atoms with Crippen LogP contribution in [0, 0.1) is 17.6 Å². The molecule has 1 aliphatic rings. The molecule has 0 unspecified atom stereocenters. The van der Waals surface area contributed by atoms with Gasteiger partial charge in [0.25, 0.3) is 0 Å². The van der Waals surface area contributed by atoms with Gasteiger partial charge in [-0.1, -0.05) is 54.6 Å². The second-order valence-corrected chi connectivity index (χ2v) is 8.67. The van der Waals surface area contributed by atoms with E-state index in [0.717, 1.165) is 49.2 Å². The molecule has 1 N–H and O–H groups in total. The van der Waals surface area contributed by atoms with E-state index < -0.39 is 6.10 Å². The molecule has 1 amide bonds. The van der Waals surface area contributed by atoms with E-state index in [-0.39, 0.29) is 23.5 Å². The van der Waals surface area contributed by atoms with E-state index in [0.29, 0.717) is 13.2 Å². The van der Waals surface area contributed by atoms with Crippen molar-refractivity contribution in [1.29, 1.82) is 0 Å². The lowest BCUT2D eigenvalue weighted by atomic mass is 9.96. The molecule has 178 valence electrons. The predicted molar refractivity (Wildman–Crippen MR) is 128 cm³/mol. The van der Waals surface area contributed by atoms with E-state index in [1.807, 2.05) is 30.3 Å². The number of benzene rings is 3. The van der Waals surface area contributed by atoms with Crippen LogP contribution >= 0.6 is 0 Å². The number of nitrogens with one attached hydrogen (secondary N) is 1. The summed E-state index contributed by atoms with van der Waals surface area (Å²) in [6, 6.07) is 22.3. The largest absolute Gasteiger partial charge is 0.367 e. The Bertz CT molecular complexity index is 989. The van der Waals surface area contributed by atoms with Crippen LogP contribution in [0.25, 0.3) is 0 Å². The highest BCUT2D eigenvalue weighted by Crippen LogP contribution is 2.27. The highest BCUT2D eigenvalue weighted by molar-refractivity contribution is 5.78. The Hall–Kier alpha value is -3.09. The number of hydrogen-bond acceptors (Lipinski definition) is 3. The minimum atomic E-state index is -0.400. The van der Waals surface area contributed by atoms with Crippen molar-refractivity contribution in [2.75, 3.05) is 26.2 Å². The molecule has 4 rings (SSSR count). The van der Waals surface area contributed by atoms with Crippen molar-refractivity contribution in [2.24, 2.45) is 5.92 Å². The van der Waals surface area contributed by atoms with Gasteiger partial charge in [-0.2, -0.15) is 0 Å². The van der Waals surface area contributed by atoms with Gasteiger partial charge in [-0.3, -0.25) is 4.79 Å². The van der Waals surface area contributed by atoms with E-state index >= 15 is 0 Å². The van der Waals surface area contributed by atoms with Gasteiger partial charge >= 0.3 is 0 Å². The Balaban J connectivity index is 1.25. The summed E-state index contributed by atoms with van der Waals surface area (Å²) in [6.45, 7) is 3.44. The van der Waals surface area contributed by atoms with Crippen LogP contribution in [0.1, 0.15) is 35.6 Å². The van der Waals surface area contributed by atoms with Crippen LogP contribution in [-0.2, 0) is 16.1 Å². The first-order valence-corrected chi connectivity index (χ1v) is 11.7. The lowest BCUT2D eigenvalue weighted by Crippen LogP contribution is -2.41. The molecule has 1 aliphatic heterocycles. The fraction of sp³-hybridized carbons (Fsp3) is 0.321. The molecule has 1 heterocycles. The van der Waals surface area contributed by atoms with Gasteiger partial charge < -0.3 is 15.0 Å². The maximum atomic E-state index is 13.4. The van der Waals surface area contributed by atoms with E-state index in [1.54, 1.807) is 24.3 Å². The van der Waals surface area contributed by atoms with Crippen LogP contribution in [0.3, 0.4) is 0 Å². The van der Waals surface area contributed by atoms with Gasteiger partial charge in [0.15, 0.2) is 0 Å². The van der Waals surface area contributed by atoms with Crippen molar-refractivity contribution < 1.29 is 18.3 Å². The first-order valence-electron chi connectivity index (χ1n) is 11.7. The first kappa shape index (κ1) is 24.0. The summed E-state index contributed by atoms with van der Waals surface area (Å²) < 4.78 is 33.0. The number of piperidine rings is 1. The molecular formula is C28H30F2N2O2. The van der Waals surface area contributed by atoms with Gasteiger partial charge in [-0.25, -0.2) is 8.78 Å². The molecule has 1 fully saturated rings. The number of nitrogens with zero attached hydrogens (tertiary/aromatic N) is 1. The summed E-state index contributed by atoms with van der Waals surface area (Å²) >= 11 is 0. The zero-order valence-electron chi connectivity index (χ0n) is 19.1. The summed E-state index contributed by atoms with van der Waals surface area (Å²) in [5.41, 5.74) is 2.74. The quantitative estimate of drug-likeness (QED) is 0.479. The van der Waals surface area contributed by atoms with Gasteiger partial charge in [0.2, 0.25) is 5.91 Å². The topological polar surface area (TPSA) is 41.6 Å². The molecule has 4 nitrogen and oxygen atoms in total. The lowest BCUT2D eigenvalue weighted by Gasteiger charge is -2.31. The molecule has 1 saturated heterocycles. The summed E-state index contributed by atoms with van der Waals surface area (Å²) in [7, 11) is 0. The van der Waals surface area contributed by atoms with Gasteiger partial charge in [0.1, 0.15) is 17.7 Å². The zero-order valence-corrected chi connectivity index (χ0v) is 19.1. The van der Waals surface area contributed by atoms with Crippen molar-refractivity contribution >= 4 is 5.91 Å². The minimum Gasteiger partial charge on any atom is -0.367 e. The third-order valence-corrected chi connectivity index (χ3v) is 6.31. The van der Waals surface area contributed by atoms with Crippen LogP contribution in [0.15, 0.2) is 78.9 Å². The number of ether oxygens (including phenoxy) is 1. The number of hydrogen-bond donors (Lipinski definition) is 1. The number of likely N-dealkylation sites (tertiary alicyclic amines) is 1. The van der Waals surface area contributed by atoms with Crippen LogP contribution in [0.2, 0.25) is 0 Å². The van der Waals surface area contributed by atoms with E-state index in [9.17, 15) is 13.6 Å². The van der Waals surface area contributed by atoms with Gasteiger partial charge in [-0.05, 0) is 66.9 Å². The normalized spacial score (nSPS) is 14.9. The van der Waals surface area contributed by atoms with Crippen molar-refractivity contribution in [2.45, 2.75) is 25.5 Å². The Morgan fingerprint density at radius 3 is 2.00 bits per heavy atom. The highest BCUT2D eigenvalue weighted by atomic mass is 19.1. The number of carbonyl (C=O) groups is 1. The molecule has 34 heavy (non-hydrogen) atoms. The summed E-state index contributed by atoms with van der Waals surface area (Å²) in [4.78, 5) is 14.8. The number of halogens is 2. The maximum absolute atomic E-state index is 13.4. The Labute approximate surface area is 199 Å². The Morgan fingerprint density at radius 1 is 0.882 bits per heavy atom. The molecule has 0 spiro atoms. The fourth-order valence-corrected chi connectivity index (χ4v) is 4.31. The van der Waals surface area contributed by atoms with Crippen LogP contribution < -0.4 is 5.32 Å². The molecule has 6 heteroatoms. The molecule has 3 aromatic rings. The number of amides is 1. The van der Waals surface area contributed by atoms with E-state index in [4.69, 9.17) is 4.74 Å². The van der Waals surface area contributed by atoms with Crippen LogP contribution in [-0.4, -0.2) is 37.0 Å². The molecule has 0 aliphatic carbocycles. The molecule has 0 atom stereocenters. The van der Waals surface area contributed by atoms with Crippen LogP contribution in [0.4, 0.5) is 8.78 Å². The lowest BCUT2D eigenvalue weighted by molar-refractivity contribution is -0.126. The molecule has 0 radical (unpaired) electrons. The number of rotatable bonds is 9. The monoisotopic (exact) mass is 464 g/mol. The summed E-state index contributed by atoms with van der Waals surface area (Å²) in [5.74, 6) is -0.464. The standard InChI is InChI=1S/C28H30F2N2O2/c29-25-10-6-22(7-11-25)27(23-8-12-26(30)13-9-23)34-19-18-32-16-14-24(15-17-32)28(33)31-20-21-4-2-1-3-5-21/h1-13,24,27H,14-20H2,(H,31,33). The molecule has 3 aromatic carbocycles. The third-order valence-electron chi connectivity index (χ3n) is 6.31. The molecular weight excluding hydrogens is 434 g/mol.